The lowest BCUT2D eigenvalue weighted by atomic mass is 10.2. The van der Waals surface area contributed by atoms with E-state index in [4.69, 9.17) is 9.26 Å². The summed E-state index contributed by atoms with van der Waals surface area (Å²) in [7, 11) is 0. The number of nitrogens with one attached hydrogen (secondary N) is 1. The molecule has 0 aliphatic heterocycles. The lowest BCUT2D eigenvalue weighted by molar-refractivity contribution is 0.0500. The van der Waals surface area contributed by atoms with Crippen molar-refractivity contribution in [1.29, 1.82) is 0 Å². The molecule has 114 valence electrons. The van der Waals surface area contributed by atoms with Crippen LogP contribution in [0.2, 0.25) is 0 Å². The zero-order valence-corrected chi connectivity index (χ0v) is 13.7. The molecule has 0 spiro atoms. The quantitative estimate of drug-likeness (QED) is 0.900. The molecule has 6 nitrogen and oxygen atoms in total. The van der Waals surface area contributed by atoms with Crippen molar-refractivity contribution >= 4 is 17.9 Å². The van der Waals surface area contributed by atoms with E-state index < -0.39 is 11.7 Å². The van der Waals surface area contributed by atoms with Gasteiger partial charge in [-0.05, 0) is 27.0 Å². The number of carbonyl (C=O) groups is 1. The maximum atomic E-state index is 11.8. The zero-order valence-electron chi connectivity index (χ0n) is 12.9. The van der Waals surface area contributed by atoms with E-state index in [1.165, 1.54) is 0 Å². The molecule has 0 unspecified atom stereocenters. The van der Waals surface area contributed by atoms with Crippen molar-refractivity contribution in [3.8, 4) is 0 Å². The molecular weight excluding hydrogens is 278 g/mol. The molecule has 0 aromatic carbocycles. The van der Waals surface area contributed by atoms with E-state index in [1.807, 2.05) is 40.9 Å². The Balaban J connectivity index is 2.75. The summed E-state index contributed by atoms with van der Waals surface area (Å²) >= 11 is 1.58. The van der Waals surface area contributed by atoms with Crippen LogP contribution >= 0.6 is 11.8 Å². The number of aromatic nitrogens is 2. The fraction of sp³-hybridized carbons (Fsp3) is 0.769. The second-order valence-corrected chi connectivity index (χ2v) is 6.71. The molecule has 1 N–H and O–H groups in total. The number of alkyl carbamates (subject to hydrolysis) is 1. The molecule has 0 saturated heterocycles. The number of nitrogens with zero attached hydrogens (tertiary/aromatic N) is 2. The van der Waals surface area contributed by atoms with Crippen molar-refractivity contribution in [2.24, 2.45) is 0 Å². The molecule has 1 heterocycles. The highest BCUT2D eigenvalue weighted by atomic mass is 32.2. The summed E-state index contributed by atoms with van der Waals surface area (Å²) in [5, 5.41) is 6.68. The molecule has 1 amide bonds. The number of ether oxygens (including phenoxy) is 1. The number of thioether (sulfide) groups is 1. The van der Waals surface area contributed by atoms with E-state index in [9.17, 15) is 4.79 Å². The molecule has 0 aliphatic rings. The lowest BCUT2D eigenvalue weighted by Gasteiger charge is -2.21. The third-order valence-electron chi connectivity index (χ3n) is 2.30. The van der Waals surface area contributed by atoms with Gasteiger partial charge in [-0.2, -0.15) is 16.7 Å². The van der Waals surface area contributed by atoms with E-state index in [-0.39, 0.29) is 12.0 Å². The van der Waals surface area contributed by atoms with E-state index in [0.717, 1.165) is 0 Å². The Hall–Kier alpha value is -1.24. The third-order valence-corrected chi connectivity index (χ3v) is 2.96. The highest BCUT2D eigenvalue weighted by Crippen LogP contribution is 2.19. The van der Waals surface area contributed by atoms with Gasteiger partial charge in [0.1, 0.15) is 11.6 Å². The smallest absolute Gasteiger partial charge is 0.408 e. The first-order valence-electron chi connectivity index (χ1n) is 6.55. The molecule has 0 saturated carbocycles. The minimum Gasteiger partial charge on any atom is -0.444 e. The van der Waals surface area contributed by atoms with Crippen LogP contribution in [0.4, 0.5) is 4.79 Å². The normalized spacial score (nSPS) is 13.3. The van der Waals surface area contributed by atoms with Crippen molar-refractivity contribution in [2.45, 2.75) is 52.2 Å². The molecule has 7 heteroatoms. The van der Waals surface area contributed by atoms with Gasteiger partial charge in [0.15, 0.2) is 5.82 Å². The van der Waals surface area contributed by atoms with Crippen LogP contribution < -0.4 is 5.32 Å². The molecule has 1 aromatic rings. The van der Waals surface area contributed by atoms with Gasteiger partial charge in [0, 0.05) is 11.7 Å². The Morgan fingerprint density at radius 1 is 1.45 bits per heavy atom. The fourth-order valence-corrected chi connectivity index (χ4v) is 1.97. The predicted octanol–water partition coefficient (Wildman–Crippen LogP) is 3.12. The summed E-state index contributed by atoms with van der Waals surface area (Å²) in [5.41, 5.74) is -0.536. The van der Waals surface area contributed by atoms with Crippen molar-refractivity contribution in [2.75, 3.05) is 12.0 Å². The third kappa shape index (κ3) is 5.40. The first kappa shape index (κ1) is 16.8. The lowest BCUT2D eigenvalue weighted by Crippen LogP contribution is -2.36. The van der Waals surface area contributed by atoms with Gasteiger partial charge in [0.05, 0.1) is 0 Å². The van der Waals surface area contributed by atoms with E-state index in [2.05, 4.69) is 15.5 Å². The Bertz CT molecular complexity index is 440. The van der Waals surface area contributed by atoms with Crippen LogP contribution in [-0.4, -0.2) is 33.8 Å². The Morgan fingerprint density at radius 3 is 2.55 bits per heavy atom. The van der Waals surface area contributed by atoms with Gasteiger partial charge in [-0.1, -0.05) is 19.0 Å². The van der Waals surface area contributed by atoms with Crippen LogP contribution in [0, 0.1) is 0 Å². The maximum Gasteiger partial charge on any atom is 0.408 e. The highest BCUT2D eigenvalue weighted by Gasteiger charge is 2.24. The summed E-state index contributed by atoms with van der Waals surface area (Å²) in [5.74, 6) is 1.87. The Morgan fingerprint density at radius 2 is 2.10 bits per heavy atom. The number of rotatable bonds is 5. The van der Waals surface area contributed by atoms with Crippen molar-refractivity contribution in [3.63, 3.8) is 0 Å². The topological polar surface area (TPSA) is 77.2 Å². The van der Waals surface area contributed by atoms with Crippen LogP contribution in [0.25, 0.3) is 0 Å². The summed E-state index contributed by atoms with van der Waals surface area (Å²) in [6.07, 6.45) is 1.46. The van der Waals surface area contributed by atoms with Crippen LogP contribution in [0.3, 0.4) is 0 Å². The highest BCUT2D eigenvalue weighted by molar-refractivity contribution is 7.98. The molecule has 0 bridgehead atoms. The van der Waals surface area contributed by atoms with Crippen molar-refractivity contribution in [3.05, 3.63) is 11.7 Å². The van der Waals surface area contributed by atoms with Crippen molar-refractivity contribution < 1.29 is 14.1 Å². The number of carbonyl (C=O) groups excluding carboxylic acids is 1. The maximum absolute atomic E-state index is 11.8. The number of hydrogen-bond donors (Lipinski definition) is 1. The standard InChI is InChI=1S/C13H23N3O3S/c1-8(2)10-15-11(19-16-10)9(7-20-6)14-12(17)18-13(3,4)5/h8-9H,7H2,1-6H3,(H,14,17)/t9-/m1/s1. The Labute approximate surface area is 124 Å². The van der Waals surface area contributed by atoms with Crippen molar-refractivity contribution in [1.82, 2.24) is 15.5 Å². The van der Waals surface area contributed by atoms with Gasteiger partial charge in [-0.3, -0.25) is 0 Å². The number of hydrogen-bond acceptors (Lipinski definition) is 6. The molecule has 1 rings (SSSR count). The Kier molecular flexibility index (Phi) is 5.86. The van der Waals surface area contributed by atoms with Crippen LogP contribution in [0.15, 0.2) is 4.52 Å². The second kappa shape index (κ2) is 6.97. The average Bonchev–Trinajstić information content (AvgIpc) is 2.74. The molecule has 0 radical (unpaired) electrons. The van der Waals surface area contributed by atoms with Gasteiger partial charge in [0.2, 0.25) is 5.89 Å². The summed E-state index contributed by atoms with van der Waals surface area (Å²) in [6, 6.07) is -0.347. The van der Waals surface area contributed by atoms with Gasteiger partial charge in [-0.25, -0.2) is 4.79 Å². The minimum atomic E-state index is -0.536. The predicted molar refractivity (Wildman–Crippen MR) is 78.9 cm³/mol. The largest absolute Gasteiger partial charge is 0.444 e. The fourth-order valence-electron chi connectivity index (χ4n) is 1.41. The van der Waals surface area contributed by atoms with E-state index in [0.29, 0.717) is 17.5 Å². The first-order valence-corrected chi connectivity index (χ1v) is 7.94. The van der Waals surface area contributed by atoms with Crippen LogP contribution in [0.1, 0.15) is 58.3 Å². The van der Waals surface area contributed by atoms with Gasteiger partial charge in [0.25, 0.3) is 0 Å². The summed E-state index contributed by atoms with van der Waals surface area (Å²) in [4.78, 5) is 16.1. The monoisotopic (exact) mass is 301 g/mol. The summed E-state index contributed by atoms with van der Waals surface area (Å²) in [6.45, 7) is 9.43. The molecule has 0 fully saturated rings. The average molecular weight is 301 g/mol. The summed E-state index contributed by atoms with van der Waals surface area (Å²) < 4.78 is 10.5. The van der Waals surface area contributed by atoms with Gasteiger partial charge >= 0.3 is 6.09 Å². The zero-order chi connectivity index (χ0) is 15.3. The SMILES string of the molecule is CSC[C@@H](NC(=O)OC(C)(C)C)c1nc(C(C)C)no1. The molecule has 1 atom stereocenters. The number of amides is 1. The van der Waals surface area contributed by atoms with Crippen LogP contribution in [-0.2, 0) is 4.74 Å². The van der Waals surface area contributed by atoms with Gasteiger partial charge < -0.3 is 14.6 Å². The molecule has 20 heavy (non-hydrogen) atoms. The molecular formula is C13H23N3O3S. The van der Waals surface area contributed by atoms with E-state index in [1.54, 1.807) is 11.8 Å². The van der Waals surface area contributed by atoms with E-state index >= 15 is 0 Å². The molecule has 0 aliphatic carbocycles. The van der Waals surface area contributed by atoms with Gasteiger partial charge in [-0.15, -0.1) is 0 Å². The first-order chi connectivity index (χ1) is 9.23. The minimum absolute atomic E-state index is 0.184. The van der Waals surface area contributed by atoms with Crippen LogP contribution in [0.5, 0.6) is 0 Å². The molecule has 1 aromatic heterocycles. The second-order valence-electron chi connectivity index (χ2n) is 5.80.